The van der Waals surface area contributed by atoms with Crippen molar-refractivity contribution in [2.24, 2.45) is 0 Å². The van der Waals surface area contributed by atoms with Crippen molar-refractivity contribution in [3.8, 4) is 28.3 Å². The first-order valence-corrected chi connectivity index (χ1v) is 10.4. The van der Waals surface area contributed by atoms with Gasteiger partial charge in [-0.05, 0) is 59.7 Å². The fourth-order valence-electron chi connectivity index (χ4n) is 4.13. The molecule has 0 bridgehead atoms. The fraction of sp³-hybridized carbons (Fsp3) is 0.192. The van der Waals surface area contributed by atoms with Crippen molar-refractivity contribution in [1.29, 1.82) is 5.26 Å². The fourth-order valence-corrected chi connectivity index (χ4v) is 4.13. The summed E-state index contributed by atoms with van der Waals surface area (Å²) in [5, 5.41) is 9.36. The van der Waals surface area contributed by atoms with Gasteiger partial charge in [0.25, 0.3) is 0 Å². The molecule has 0 unspecified atom stereocenters. The number of anilines is 1. The molecule has 1 aromatic heterocycles. The van der Waals surface area contributed by atoms with Gasteiger partial charge in [0.15, 0.2) is 0 Å². The molecule has 0 spiro atoms. The summed E-state index contributed by atoms with van der Waals surface area (Å²) in [7, 11) is 0. The van der Waals surface area contributed by atoms with Crippen molar-refractivity contribution in [2.75, 3.05) is 18.0 Å². The summed E-state index contributed by atoms with van der Waals surface area (Å²) in [5.74, 6) is 0.975. The van der Waals surface area contributed by atoms with E-state index in [0.717, 1.165) is 52.2 Å². The van der Waals surface area contributed by atoms with E-state index in [4.69, 9.17) is 4.98 Å². The second-order valence-electron chi connectivity index (χ2n) is 7.71. The lowest BCUT2D eigenvalue weighted by molar-refractivity contribution is 0.573. The predicted molar refractivity (Wildman–Crippen MR) is 121 cm³/mol. The number of hydrogen-bond donors (Lipinski definition) is 0. The monoisotopic (exact) mass is 390 g/mol. The summed E-state index contributed by atoms with van der Waals surface area (Å²) < 4.78 is 0. The van der Waals surface area contributed by atoms with E-state index in [-0.39, 0.29) is 0 Å². The molecule has 4 heteroatoms. The zero-order valence-electron chi connectivity index (χ0n) is 16.8. The van der Waals surface area contributed by atoms with E-state index in [0.29, 0.717) is 5.56 Å². The number of fused-ring (bicyclic) bond motifs is 1. The molecule has 1 fully saturated rings. The van der Waals surface area contributed by atoms with Crippen LogP contribution in [0.2, 0.25) is 0 Å². The van der Waals surface area contributed by atoms with Crippen molar-refractivity contribution in [2.45, 2.75) is 19.3 Å². The minimum absolute atomic E-state index is 0.691. The molecule has 0 amide bonds. The lowest BCUT2D eigenvalue weighted by atomic mass is 9.97. The van der Waals surface area contributed by atoms with Gasteiger partial charge in [0.05, 0.1) is 28.9 Å². The smallest absolute Gasteiger partial charge is 0.147 e. The molecule has 1 aliphatic rings. The van der Waals surface area contributed by atoms with Gasteiger partial charge in [-0.15, -0.1) is 0 Å². The highest BCUT2D eigenvalue weighted by molar-refractivity contribution is 5.83. The van der Waals surface area contributed by atoms with Gasteiger partial charge in [0.2, 0.25) is 0 Å². The Kier molecular flexibility index (Phi) is 4.86. The van der Waals surface area contributed by atoms with Gasteiger partial charge in [0.1, 0.15) is 5.82 Å². The topological polar surface area (TPSA) is 52.8 Å². The number of rotatable bonds is 3. The van der Waals surface area contributed by atoms with E-state index in [1.54, 1.807) is 0 Å². The highest BCUT2D eigenvalue weighted by Crippen LogP contribution is 2.29. The summed E-state index contributed by atoms with van der Waals surface area (Å²) in [6.07, 6.45) is 5.65. The van der Waals surface area contributed by atoms with Gasteiger partial charge < -0.3 is 4.90 Å². The average molecular weight is 390 g/mol. The van der Waals surface area contributed by atoms with Crippen LogP contribution in [0.25, 0.3) is 33.3 Å². The van der Waals surface area contributed by atoms with Gasteiger partial charge in [-0.3, -0.25) is 4.98 Å². The quantitative estimate of drug-likeness (QED) is 0.442. The summed E-state index contributed by atoms with van der Waals surface area (Å²) in [5.41, 5.74) is 6.78. The SMILES string of the molecule is N#Cc1ccccc1-c1ccc(-c2ccc3ncc(N4CCCCC4)nc3c2)cc1. The summed E-state index contributed by atoms with van der Waals surface area (Å²) in [6.45, 7) is 2.12. The lowest BCUT2D eigenvalue weighted by Gasteiger charge is -2.27. The minimum atomic E-state index is 0.691. The second kappa shape index (κ2) is 7.96. The van der Waals surface area contributed by atoms with E-state index in [2.05, 4.69) is 52.4 Å². The molecule has 0 saturated carbocycles. The standard InChI is InChI=1S/C26H22N4/c27-17-22-6-2-3-7-23(22)20-10-8-19(9-11-20)21-12-13-24-25(16-21)29-26(18-28-24)30-14-4-1-5-15-30/h2-3,6-13,16,18H,1,4-5,14-15H2. The number of hydrogen-bond acceptors (Lipinski definition) is 4. The Hall–Kier alpha value is -3.71. The summed E-state index contributed by atoms with van der Waals surface area (Å²) >= 11 is 0. The Morgan fingerprint density at radius 1 is 0.767 bits per heavy atom. The number of benzene rings is 3. The van der Waals surface area contributed by atoms with Crippen LogP contribution in [-0.2, 0) is 0 Å². The van der Waals surface area contributed by atoms with Crippen LogP contribution >= 0.6 is 0 Å². The van der Waals surface area contributed by atoms with Crippen LogP contribution < -0.4 is 4.90 Å². The van der Waals surface area contributed by atoms with Gasteiger partial charge in [0, 0.05) is 13.1 Å². The largest absolute Gasteiger partial charge is 0.355 e. The Labute approximate surface area is 176 Å². The molecular formula is C26H22N4. The molecule has 1 aliphatic heterocycles. The number of piperidine rings is 1. The molecule has 5 rings (SSSR count). The zero-order valence-corrected chi connectivity index (χ0v) is 16.8. The lowest BCUT2D eigenvalue weighted by Crippen LogP contribution is -2.30. The maximum absolute atomic E-state index is 9.36. The van der Waals surface area contributed by atoms with Crippen molar-refractivity contribution < 1.29 is 0 Å². The van der Waals surface area contributed by atoms with Crippen LogP contribution in [0.3, 0.4) is 0 Å². The van der Waals surface area contributed by atoms with Crippen LogP contribution in [0.1, 0.15) is 24.8 Å². The molecule has 0 N–H and O–H groups in total. The van der Waals surface area contributed by atoms with Gasteiger partial charge in [-0.2, -0.15) is 5.26 Å². The normalized spacial score (nSPS) is 13.9. The highest BCUT2D eigenvalue weighted by Gasteiger charge is 2.13. The third-order valence-corrected chi connectivity index (χ3v) is 5.79. The Bertz CT molecular complexity index is 1230. The number of aromatic nitrogens is 2. The first kappa shape index (κ1) is 18.3. The average Bonchev–Trinajstić information content (AvgIpc) is 2.84. The molecule has 1 saturated heterocycles. The summed E-state index contributed by atoms with van der Waals surface area (Å²) in [6, 6.07) is 24.6. The molecule has 4 aromatic rings. The van der Waals surface area contributed by atoms with Crippen LogP contribution in [-0.4, -0.2) is 23.1 Å². The second-order valence-corrected chi connectivity index (χ2v) is 7.71. The maximum atomic E-state index is 9.36. The first-order valence-electron chi connectivity index (χ1n) is 10.4. The Morgan fingerprint density at radius 3 is 2.30 bits per heavy atom. The van der Waals surface area contributed by atoms with E-state index in [1.807, 2.05) is 36.5 Å². The van der Waals surface area contributed by atoms with E-state index in [9.17, 15) is 5.26 Å². The maximum Gasteiger partial charge on any atom is 0.147 e. The molecular weight excluding hydrogens is 368 g/mol. The van der Waals surface area contributed by atoms with E-state index in [1.165, 1.54) is 19.3 Å². The van der Waals surface area contributed by atoms with Crippen LogP contribution in [0.5, 0.6) is 0 Å². The molecule has 0 atom stereocenters. The van der Waals surface area contributed by atoms with Crippen molar-refractivity contribution >= 4 is 16.9 Å². The van der Waals surface area contributed by atoms with Crippen molar-refractivity contribution in [3.63, 3.8) is 0 Å². The van der Waals surface area contributed by atoms with Crippen molar-refractivity contribution in [3.05, 3.63) is 78.5 Å². The van der Waals surface area contributed by atoms with Crippen LogP contribution in [0, 0.1) is 11.3 Å². The van der Waals surface area contributed by atoms with E-state index < -0.39 is 0 Å². The molecule has 3 aromatic carbocycles. The number of nitriles is 1. The highest BCUT2D eigenvalue weighted by atomic mass is 15.2. The van der Waals surface area contributed by atoms with E-state index >= 15 is 0 Å². The molecule has 0 aliphatic carbocycles. The molecule has 2 heterocycles. The first-order chi connectivity index (χ1) is 14.8. The van der Waals surface area contributed by atoms with Gasteiger partial charge >= 0.3 is 0 Å². The third-order valence-electron chi connectivity index (χ3n) is 5.79. The molecule has 4 nitrogen and oxygen atoms in total. The Morgan fingerprint density at radius 2 is 1.50 bits per heavy atom. The summed E-state index contributed by atoms with van der Waals surface area (Å²) in [4.78, 5) is 11.9. The van der Waals surface area contributed by atoms with Crippen molar-refractivity contribution in [1.82, 2.24) is 9.97 Å². The number of nitrogens with zero attached hydrogens (tertiary/aromatic N) is 4. The van der Waals surface area contributed by atoms with Gasteiger partial charge in [-0.1, -0.05) is 48.5 Å². The molecule has 0 radical (unpaired) electrons. The Balaban J connectivity index is 1.47. The minimum Gasteiger partial charge on any atom is -0.355 e. The zero-order chi connectivity index (χ0) is 20.3. The predicted octanol–water partition coefficient (Wildman–Crippen LogP) is 5.83. The molecule has 146 valence electrons. The molecule has 30 heavy (non-hydrogen) atoms. The third kappa shape index (κ3) is 3.51. The van der Waals surface area contributed by atoms with Gasteiger partial charge in [-0.25, -0.2) is 4.98 Å². The van der Waals surface area contributed by atoms with Crippen LogP contribution in [0.4, 0.5) is 5.82 Å². The van der Waals surface area contributed by atoms with Crippen LogP contribution in [0.15, 0.2) is 72.9 Å².